The Labute approximate surface area is 167 Å². The zero-order chi connectivity index (χ0) is 18.7. The van der Waals surface area contributed by atoms with Crippen LogP contribution >= 0.6 is 11.8 Å². The summed E-state index contributed by atoms with van der Waals surface area (Å²) in [6, 6.07) is 20.8. The smallest absolute Gasteiger partial charge is 0.223 e. The SMILES string of the molecule is O=C(CCSCc1ccccc1)N1CCN(C/C=C/c2ccccc2)CC1. The van der Waals surface area contributed by atoms with E-state index in [4.69, 9.17) is 0 Å². The summed E-state index contributed by atoms with van der Waals surface area (Å²) in [4.78, 5) is 16.8. The molecule has 0 radical (unpaired) electrons. The van der Waals surface area contributed by atoms with E-state index in [0.29, 0.717) is 12.3 Å². The number of benzene rings is 2. The van der Waals surface area contributed by atoms with Gasteiger partial charge in [0.15, 0.2) is 0 Å². The lowest BCUT2D eigenvalue weighted by atomic mass is 10.2. The van der Waals surface area contributed by atoms with Gasteiger partial charge in [0.05, 0.1) is 0 Å². The molecule has 0 aromatic heterocycles. The molecule has 0 saturated carbocycles. The standard InChI is InChI=1S/C23H28N2OS/c26-23(13-19-27-20-22-10-5-2-6-11-22)25-17-15-24(16-18-25)14-7-12-21-8-3-1-4-9-21/h1-12H,13-20H2/b12-7+. The van der Waals surface area contributed by atoms with Gasteiger partial charge in [-0.05, 0) is 11.1 Å². The van der Waals surface area contributed by atoms with Gasteiger partial charge in [-0.3, -0.25) is 9.69 Å². The monoisotopic (exact) mass is 380 g/mol. The van der Waals surface area contributed by atoms with Crippen LogP contribution in [0.4, 0.5) is 0 Å². The second kappa shape index (κ2) is 11.0. The van der Waals surface area contributed by atoms with Gasteiger partial charge in [-0.2, -0.15) is 11.8 Å². The van der Waals surface area contributed by atoms with Gasteiger partial charge in [0.2, 0.25) is 5.91 Å². The van der Waals surface area contributed by atoms with Crippen molar-refractivity contribution in [3.8, 4) is 0 Å². The topological polar surface area (TPSA) is 23.6 Å². The Hall–Kier alpha value is -2.04. The number of thioether (sulfide) groups is 1. The number of piperazine rings is 1. The van der Waals surface area contributed by atoms with Crippen LogP contribution in [0.2, 0.25) is 0 Å². The average Bonchev–Trinajstić information content (AvgIpc) is 2.73. The number of nitrogens with zero attached hydrogens (tertiary/aromatic N) is 2. The van der Waals surface area contributed by atoms with Gasteiger partial charge in [0.1, 0.15) is 0 Å². The maximum atomic E-state index is 12.4. The van der Waals surface area contributed by atoms with E-state index in [2.05, 4.69) is 65.6 Å². The van der Waals surface area contributed by atoms with E-state index in [1.54, 1.807) is 0 Å². The summed E-state index contributed by atoms with van der Waals surface area (Å²) in [6.45, 7) is 4.57. The third-order valence-electron chi connectivity index (χ3n) is 4.77. The number of hydrogen-bond donors (Lipinski definition) is 0. The Morgan fingerprint density at radius 1 is 0.926 bits per heavy atom. The zero-order valence-electron chi connectivity index (χ0n) is 15.8. The molecule has 3 rings (SSSR count). The first-order chi connectivity index (χ1) is 13.3. The van der Waals surface area contributed by atoms with Crippen molar-refractivity contribution >= 4 is 23.7 Å². The lowest BCUT2D eigenvalue weighted by Gasteiger charge is -2.34. The van der Waals surface area contributed by atoms with Crippen molar-refractivity contribution in [2.24, 2.45) is 0 Å². The predicted molar refractivity (Wildman–Crippen MR) is 116 cm³/mol. The molecule has 4 heteroatoms. The van der Waals surface area contributed by atoms with Crippen molar-refractivity contribution in [1.82, 2.24) is 9.80 Å². The lowest BCUT2D eigenvalue weighted by Crippen LogP contribution is -2.48. The molecule has 27 heavy (non-hydrogen) atoms. The molecule has 2 aromatic rings. The highest BCUT2D eigenvalue weighted by Crippen LogP contribution is 2.14. The first kappa shape index (κ1) is 19.7. The Kier molecular flexibility index (Phi) is 8.00. The van der Waals surface area contributed by atoms with Gasteiger partial charge in [0.25, 0.3) is 0 Å². The van der Waals surface area contributed by atoms with Crippen molar-refractivity contribution in [2.75, 3.05) is 38.5 Å². The van der Waals surface area contributed by atoms with Gasteiger partial charge >= 0.3 is 0 Å². The molecule has 1 aliphatic rings. The third-order valence-corrected chi connectivity index (χ3v) is 5.80. The average molecular weight is 381 g/mol. The Bertz CT molecular complexity index is 710. The maximum Gasteiger partial charge on any atom is 0.223 e. The molecule has 1 heterocycles. The molecule has 0 spiro atoms. The van der Waals surface area contributed by atoms with Gasteiger partial charge in [0, 0.05) is 50.7 Å². The minimum atomic E-state index is 0.301. The minimum Gasteiger partial charge on any atom is -0.340 e. The van der Waals surface area contributed by atoms with Crippen LogP contribution in [0.15, 0.2) is 66.7 Å². The van der Waals surface area contributed by atoms with Gasteiger partial charge < -0.3 is 4.90 Å². The van der Waals surface area contributed by atoms with Crippen LogP contribution in [0.25, 0.3) is 6.08 Å². The highest BCUT2D eigenvalue weighted by Gasteiger charge is 2.19. The molecule has 1 amide bonds. The van der Waals surface area contributed by atoms with Gasteiger partial charge in [-0.1, -0.05) is 72.8 Å². The number of rotatable bonds is 8. The molecular weight excluding hydrogens is 352 g/mol. The normalized spacial score (nSPS) is 15.3. The highest BCUT2D eigenvalue weighted by atomic mass is 32.2. The fourth-order valence-electron chi connectivity index (χ4n) is 3.16. The van der Waals surface area contributed by atoms with Crippen LogP contribution in [0.3, 0.4) is 0 Å². The van der Waals surface area contributed by atoms with Gasteiger partial charge in [-0.15, -0.1) is 0 Å². The molecule has 0 atom stereocenters. The number of carbonyl (C=O) groups excluding carboxylic acids is 1. The molecule has 142 valence electrons. The molecule has 3 nitrogen and oxygen atoms in total. The molecule has 2 aromatic carbocycles. The third kappa shape index (κ3) is 6.89. The maximum absolute atomic E-state index is 12.4. The fraction of sp³-hybridized carbons (Fsp3) is 0.348. The van der Waals surface area contributed by atoms with Gasteiger partial charge in [-0.25, -0.2) is 0 Å². The first-order valence-corrected chi connectivity index (χ1v) is 10.8. The summed E-state index contributed by atoms with van der Waals surface area (Å²) in [6.07, 6.45) is 5.03. The van der Waals surface area contributed by atoms with Crippen LogP contribution in [0.5, 0.6) is 0 Å². The van der Waals surface area contributed by atoms with Crippen LogP contribution in [0, 0.1) is 0 Å². The zero-order valence-corrected chi connectivity index (χ0v) is 16.6. The van der Waals surface area contributed by atoms with E-state index in [9.17, 15) is 4.79 Å². The van der Waals surface area contributed by atoms with E-state index in [1.165, 1.54) is 11.1 Å². The summed E-state index contributed by atoms with van der Waals surface area (Å²) < 4.78 is 0. The summed E-state index contributed by atoms with van der Waals surface area (Å²) in [5.41, 5.74) is 2.56. The second-order valence-corrected chi connectivity index (χ2v) is 7.89. The number of carbonyl (C=O) groups is 1. The molecule has 1 aliphatic heterocycles. The number of amides is 1. The summed E-state index contributed by atoms with van der Waals surface area (Å²) in [5.74, 6) is 2.18. The molecule has 1 fully saturated rings. The van der Waals surface area contributed by atoms with E-state index < -0.39 is 0 Å². The molecule has 0 aliphatic carbocycles. The summed E-state index contributed by atoms with van der Waals surface area (Å²) in [7, 11) is 0. The minimum absolute atomic E-state index is 0.301. The Morgan fingerprint density at radius 2 is 1.59 bits per heavy atom. The molecule has 0 bridgehead atoms. The van der Waals surface area contributed by atoms with Crippen LogP contribution in [-0.2, 0) is 10.5 Å². The molecule has 0 unspecified atom stereocenters. The largest absolute Gasteiger partial charge is 0.340 e. The van der Waals surface area contributed by atoms with Crippen molar-refractivity contribution < 1.29 is 4.79 Å². The van der Waals surface area contributed by atoms with Crippen molar-refractivity contribution in [3.63, 3.8) is 0 Å². The first-order valence-electron chi connectivity index (χ1n) is 9.64. The van der Waals surface area contributed by atoms with Crippen LogP contribution in [0.1, 0.15) is 17.5 Å². The Morgan fingerprint density at radius 3 is 2.30 bits per heavy atom. The van der Waals surface area contributed by atoms with E-state index >= 15 is 0 Å². The second-order valence-electron chi connectivity index (χ2n) is 6.78. The highest BCUT2D eigenvalue weighted by molar-refractivity contribution is 7.98. The van der Waals surface area contributed by atoms with E-state index in [1.807, 2.05) is 28.8 Å². The fourth-order valence-corrected chi connectivity index (χ4v) is 4.06. The molecule has 0 N–H and O–H groups in total. The summed E-state index contributed by atoms with van der Waals surface area (Å²) >= 11 is 1.84. The quantitative estimate of drug-likeness (QED) is 0.642. The molecular formula is C23H28N2OS. The van der Waals surface area contributed by atoms with E-state index in [-0.39, 0.29) is 0 Å². The van der Waals surface area contributed by atoms with E-state index in [0.717, 1.165) is 44.2 Å². The predicted octanol–water partition coefficient (Wildman–Crippen LogP) is 4.17. The number of hydrogen-bond acceptors (Lipinski definition) is 3. The lowest BCUT2D eigenvalue weighted by molar-refractivity contribution is -0.132. The van der Waals surface area contributed by atoms with Crippen molar-refractivity contribution in [1.29, 1.82) is 0 Å². The van der Waals surface area contributed by atoms with Crippen LogP contribution in [-0.4, -0.2) is 54.2 Å². The van der Waals surface area contributed by atoms with Crippen molar-refractivity contribution in [2.45, 2.75) is 12.2 Å². The molecule has 1 saturated heterocycles. The van der Waals surface area contributed by atoms with Crippen LogP contribution < -0.4 is 0 Å². The summed E-state index contributed by atoms with van der Waals surface area (Å²) in [5, 5.41) is 0. The Balaban J connectivity index is 1.30. The van der Waals surface area contributed by atoms with Crippen molar-refractivity contribution in [3.05, 3.63) is 77.9 Å².